The normalized spacial score (nSPS) is 22.5. The summed E-state index contributed by atoms with van der Waals surface area (Å²) in [7, 11) is 0. The first kappa shape index (κ1) is 37.8. The molecule has 7 nitrogen and oxygen atoms in total. The standard InChI is InChI=1S/C34H40Cl2N4O2S2.C4H9N/c1-5-42-30-16-15-28(43)23-29(30)31-37-33(2,24-7-11-26(35)12-8-24)34(3,25-9-13-27(36)14-10-25)40(31)32(41)39-20-18-38(19-21-39)17-6-22-44-4;1-2-4-5-3-1/h7-16,23,43H,5-6,17-22H2,1-4H3;5H,1-4H2/t33-,34+;/m0./s1. The summed E-state index contributed by atoms with van der Waals surface area (Å²) in [6, 6.07) is 21.1. The molecule has 1 N–H and O–H groups in total. The summed E-state index contributed by atoms with van der Waals surface area (Å²) in [6.45, 7) is 13.1. The maximum absolute atomic E-state index is 15.0. The Kier molecular flexibility index (Phi) is 13.3. The van der Waals surface area contributed by atoms with E-state index < -0.39 is 11.1 Å². The van der Waals surface area contributed by atoms with E-state index in [0.717, 1.165) is 53.4 Å². The van der Waals surface area contributed by atoms with Crippen LogP contribution in [0.2, 0.25) is 10.0 Å². The average Bonchev–Trinajstić information content (AvgIpc) is 3.77. The first-order valence-electron chi connectivity index (χ1n) is 17.2. The molecule has 11 heteroatoms. The van der Waals surface area contributed by atoms with E-state index in [1.807, 2.05) is 95.2 Å². The van der Waals surface area contributed by atoms with Crippen molar-refractivity contribution in [3.8, 4) is 5.75 Å². The zero-order chi connectivity index (χ0) is 35.0. The van der Waals surface area contributed by atoms with Crippen molar-refractivity contribution in [1.82, 2.24) is 20.0 Å². The lowest BCUT2D eigenvalue weighted by molar-refractivity contribution is 0.0868. The minimum absolute atomic E-state index is 0.0883. The number of halogens is 2. The van der Waals surface area contributed by atoms with E-state index in [4.69, 9.17) is 32.9 Å². The largest absolute Gasteiger partial charge is 0.493 e. The van der Waals surface area contributed by atoms with Gasteiger partial charge >= 0.3 is 6.03 Å². The highest BCUT2D eigenvalue weighted by molar-refractivity contribution is 7.98. The van der Waals surface area contributed by atoms with Crippen LogP contribution in [0.15, 0.2) is 76.6 Å². The predicted octanol–water partition coefficient (Wildman–Crippen LogP) is 8.43. The van der Waals surface area contributed by atoms with Gasteiger partial charge in [-0.15, -0.1) is 12.6 Å². The fraction of sp³-hybridized carbons (Fsp3) is 0.474. The molecule has 0 aromatic heterocycles. The smallest absolute Gasteiger partial charge is 0.326 e. The number of amidine groups is 1. The number of urea groups is 1. The van der Waals surface area contributed by atoms with Crippen LogP contribution in [-0.2, 0) is 11.1 Å². The van der Waals surface area contributed by atoms with Crippen LogP contribution in [0.3, 0.4) is 0 Å². The summed E-state index contributed by atoms with van der Waals surface area (Å²) in [5.74, 6) is 2.34. The van der Waals surface area contributed by atoms with Crippen molar-refractivity contribution >= 4 is 59.5 Å². The molecule has 0 saturated carbocycles. The Bertz CT molecular complexity index is 1570. The summed E-state index contributed by atoms with van der Waals surface area (Å²) < 4.78 is 6.11. The number of amides is 2. The van der Waals surface area contributed by atoms with Gasteiger partial charge in [0.25, 0.3) is 0 Å². The number of aliphatic imine (C=N–C) groups is 1. The van der Waals surface area contributed by atoms with Crippen molar-refractivity contribution in [2.45, 2.75) is 56.0 Å². The van der Waals surface area contributed by atoms with Crippen LogP contribution >= 0.6 is 47.6 Å². The Balaban J connectivity index is 0.000000858. The van der Waals surface area contributed by atoms with Gasteiger partial charge in [0.2, 0.25) is 0 Å². The topological polar surface area (TPSA) is 60.4 Å². The molecular formula is C38H49Cl2N5O2S2. The van der Waals surface area contributed by atoms with E-state index in [0.29, 0.717) is 41.3 Å². The SMILES string of the molecule is C1CCNC1.CCOc1ccc(S)cc1C1=N[C@@](C)(c2ccc(Cl)cc2)[C@@](C)(c2ccc(Cl)cc2)N1C(=O)N1CCN(CCCSC)CC1. The molecule has 2 saturated heterocycles. The number of benzene rings is 3. The zero-order valence-corrected chi connectivity index (χ0v) is 32.3. The molecule has 0 aliphatic carbocycles. The number of piperazine rings is 1. The Labute approximate surface area is 312 Å². The molecule has 3 aliphatic rings. The molecule has 3 aliphatic heterocycles. The number of hydrogen-bond donors (Lipinski definition) is 2. The van der Waals surface area contributed by atoms with Crippen LogP contribution in [-0.4, -0.2) is 91.0 Å². The predicted molar refractivity (Wildman–Crippen MR) is 209 cm³/mol. The lowest BCUT2D eigenvalue weighted by Gasteiger charge is -2.47. The maximum atomic E-state index is 15.0. The third-order valence-corrected chi connectivity index (χ3v) is 11.3. The van der Waals surface area contributed by atoms with E-state index >= 15 is 0 Å². The summed E-state index contributed by atoms with van der Waals surface area (Å²) in [6.07, 6.45) is 6.06. The Morgan fingerprint density at radius 3 is 2.10 bits per heavy atom. The lowest BCUT2D eigenvalue weighted by atomic mass is 9.71. The van der Waals surface area contributed by atoms with Crippen molar-refractivity contribution in [1.29, 1.82) is 0 Å². The Morgan fingerprint density at radius 2 is 1.55 bits per heavy atom. The molecule has 6 rings (SSSR count). The van der Waals surface area contributed by atoms with Gasteiger partial charge in [-0.2, -0.15) is 11.8 Å². The minimum Gasteiger partial charge on any atom is -0.493 e. The number of carbonyl (C=O) groups excluding carboxylic acids is 1. The van der Waals surface area contributed by atoms with E-state index in [2.05, 4.69) is 42.9 Å². The molecule has 2 fully saturated rings. The van der Waals surface area contributed by atoms with Gasteiger partial charge in [0.15, 0.2) is 0 Å². The molecule has 49 heavy (non-hydrogen) atoms. The third-order valence-electron chi connectivity index (χ3n) is 9.87. The van der Waals surface area contributed by atoms with Crippen LogP contribution in [0.1, 0.15) is 56.7 Å². The number of nitrogens with zero attached hydrogens (tertiary/aromatic N) is 4. The van der Waals surface area contributed by atoms with Crippen molar-refractivity contribution < 1.29 is 9.53 Å². The van der Waals surface area contributed by atoms with Crippen molar-refractivity contribution in [2.24, 2.45) is 4.99 Å². The summed E-state index contributed by atoms with van der Waals surface area (Å²) >= 11 is 19.3. The fourth-order valence-corrected chi connectivity index (χ4v) is 7.78. The second kappa shape index (κ2) is 17.2. The molecule has 3 aromatic rings. The average molecular weight is 743 g/mol. The van der Waals surface area contributed by atoms with Crippen LogP contribution < -0.4 is 10.1 Å². The Hall–Kier alpha value is -2.40. The molecule has 0 bridgehead atoms. The van der Waals surface area contributed by atoms with Gasteiger partial charge in [-0.25, -0.2) is 4.79 Å². The number of hydrogen-bond acceptors (Lipinski definition) is 7. The highest BCUT2D eigenvalue weighted by atomic mass is 35.5. The molecule has 3 heterocycles. The van der Waals surface area contributed by atoms with Gasteiger partial charge in [0, 0.05) is 41.1 Å². The van der Waals surface area contributed by atoms with Gasteiger partial charge in [-0.05, 0) is 125 Å². The molecule has 264 valence electrons. The zero-order valence-electron chi connectivity index (χ0n) is 29.1. The van der Waals surface area contributed by atoms with Crippen molar-refractivity contribution in [2.75, 3.05) is 64.4 Å². The van der Waals surface area contributed by atoms with Gasteiger partial charge in [-0.1, -0.05) is 47.5 Å². The van der Waals surface area contributed by atoms with Gasteiger partial charge in [-0.3, -0.25) is 14.8 Å². The third kappa shape index (κ3) is 8.40. The minimum atomic E-state index is -0.941. The number of nitrogens with one attached hydrogen (secondary N) is 1. The summed E-state index contributed by atoms with van der Waals surface area (Å²) in [5, 5.41) is 4.49. The van der Waals surface area contributed by atoms with Crippen molar-refractivity contribution in [3.63, 3.8) is 0 Å². The highest BCUT2D eigenvalue weighted by Crippen LogP contribution is 2.54. The second-order valence-electron chi connectivity index (χ2n) is 13.0. The first-order chi connectivity index (χ1) is 23.6. The molecule has 0 radical (unpaired) electrons. The fourth-order valence-electron chi connectivity index (χ4n) is 6.90. The van der Waals surface area contributed by atoms with E-state index in [-0.39, 0.29) is 6.03 Å². The summed E-state index contributed by atoms with van der Waals surface area (Å²) in [5.41, 5.74) is 0.740. The first-order valence-corrected chi connectivity index (χ1v) is 19.8. The van der Waals surface area contributed by atoms with E-state index in [1.165, 1.54) is 25.9 Å². The molecule has 0 unspecified atom stereocenters. The van der Waals surface area contributed by atoms with Crippen LogP contribution in [0.4, 0.5) is 4.79 Å². The molecule has 2 atom stereocenters. The van der Waals surface area contributed by atoms with Gasteiger partial charge < -0.3 is 15.0 Å². The number of carbonyl (C=O) groups is 1. The molecular weight excluding hydrogens is 693 g/mol. The van der Waals surface area contributed by atoms with E-state index in [1.54, 1.807) is 0 Å². The van der Waals surface area contributed by atoms with E-state index in [9.17, 15) is 4.79 Å². The van der Waals surface area contributed by atoms with Gasteiger partial charge in [0.1, 0.15) is 22.7 Å². The lowest BCUT2D eigenvalue weighted by Crippen LogP contribution is -2.60. The number of thioether (sulfide) groups is 1. The van der Waals surface area contributed by atoms with Crippen LogP contribution in [0.5, 0.6) is 5.75 Å². The molecule has 0 spiro atoms. The monoisotopic (exact) mass is 741 g/mol. The van der Waals surface area contributed by atoms with Crippen LogP contribution in [0.25, 0.3) is 0 Å². The highest BCUT2D eigenvalue weighted by Gasteiger charge is 2.60. The molecule has 3 aromatic carbocycles. The summed E-state index contributed by atoms with van der Waals surface area (Å²) in [4.78, 5) is 27.5. The Morgan fingerprint density at radius 1 is 0.939 bits per heavy atom. The number of rotatable bonds is 9. The molecule has 2 amide bonds. The quantitative estimate of drug-likeness (QED) is 0.170. The maximum Gasteiger partial charge on any atom is 0.326 e. The van der Waals surface area contributed by atoms with Crippen molar-refractivity contribution in [3.05, 3.63) is 93.5 Å². The van der Waals surface area contributed by atoms with Crippen LogP contribution in [0, 0.1) is 0 Å². The van der Waals surface area contributed by atoms with Gasteiger partial charge in [0.05, 0.1) is 12.2 Å². The second-order valence-corrected chi connectivity index (χ2v) is 15.3. The number of ether oxygens (including phenoxy) is 1. The number of thiol groups is 1.